The molecule has 2 heterocycles. The number of rotatable bonds is 3. The molecule has 1 saturated heterocycles. The Bertz CT molecular complexity index is 709. The Morgan fingerprint density at radius 2 is 1.87 bits per heavy atom. The van der Waals surface area contributed by atoms with Crippen LogP contribution < -0.4 is 4.90 Å². The molecule has 3 rings (SSSR count). The van der Waals surface area contributed by atoms with Crippen LogP contribution in [0.15, 0.2) is 23.1 Å². The molecular weight excluding hydrogens is 316 g/mol. The molecule has 2 aliphatic heterocycles. The largest absolute Gasteiger partial charge is 0.379 e. The molecule has 1 aromatic carbocycles. The van der Waals surface area contributed by atoms with Crippen LogP contribution in [-0.4, -0.2) is 51.5 Å². The topological polar surface area (TPSA) is 66.9 Å². The summed E-state index contributed by atoms with van der Waals surface area (Å²) in [4.78, 5) is 14.3. The van der Waals surface area contributed by atoms with Gasteiger partial charge in [-0.05, 0) is 30.2 Å². The lowest BCUT2D eigenvalue weighted by molar-refractivity contribution is -0.121. The maximum Gasteiger partial charge on any atom is 0.243 e. The number of hydrogen-bond acceptors (Lipinski definition) is 4. The fraction of sp³-hybridized carbons (Fsp3) is 0.562. The van der Waals surface area contributed by atoms with Crippen molar-refractivity contribution in [1.82, 2.24) is 4.31 Å². The summed E-state index contributed by atoms with van der Waals surface area (Å²) >= 11 is 0. The van der Waals surface area contributed by atoms with E-state index in [4.69, 9.17) is 4.74 Å². The van der Waals surface area contributed by atoms with E-state index in [9.17, 15) is 13.2 Å². The minimum absolute atomic E-state index is 0.0716. The Morgan fingerprint density at radius 1 is 1.17 bits per heavy atom. The van der Waals surface area contributed by atoms with Gasteiger partial charge in [-0.15, -0.1) is 0 Å². The molecule has 2 aliphatic rings. The van der Waals surface area contributed by atoms with E-state index in [0.717, 1.165) is 11.3 Å². The van der Waals surface area contributed by atoms with Gasteiger partial charge in [0, 0.05) is 31.2 Å². The summed E-state index contributed by atoms with van der Waals surface area (Å²) < 4.78 is 32.1. The van der Waals surface area contributed by atoms with Crippen LogP contribution in [0.3, 0.4) is 0 Å². The number of carbonyl (C=O) groups excluding carboxylic acids is 1. The molecule has 0 unspecified atom stereocenters. The second kappa shape index (κ2) is 6.22. The van der Waals surface area contributed by atoms with Crippen LogP contribution in [0.5, 0.6) is 0 Å². The van der Waals surface area contributed by atoms with Crippen molar-refractivity contribution >= 4 is 21.6 Å². The molecule has 0 radical (unpaired) electrons. The molecule has 126 valence electrons. The zero-order chi connectivity index (χ0) is 16.6. The predicted octanol–water partition coefficient (Wildman–Crippen LogP) is 1.25. The van der Waals surface area contributed by atoms with Gasteiger partial charge in [0.25, 0.3) is 0 Å². The normalized spacial score (nSPS) is 19.2. The summed E-state index contributed by atoms with van der Waals surface area (Å²) in [7, 11) is -3.49. The zero-order valence-electron chi connectivity index (χ0n) is 13.5. The average molecular weight is 338 g/mol. The first-order valence-electron chi connectivity index (χ1n) is 7.93. The monoisotopic (exact) mass is 338 g/mol. The number of carbonyl (C=O) groups is 1. The molecule has 1 fully saturated rings. The van der Waals surface area contributed by atoms with Crippen molar-refractivity contribution in [3.63, 3.8) is 0 Å². The Labute approximate surface area is 137 Å². The van der Waals surface area contributed by atoms with E-state index < -0.39 is 10.0 Å². The molecule has 0 bridgehead atoms. The van der Waals surface area contributed by atoms with Crippen LogP contribution in [0, 0.1) is 5.92 Å². The highest BCUT2D eigenvalue weighted by Crippen LogP contribution is 2.32. The van der Waals surface area contributed by atoms with Crippen molar-refractivity contribution in [2.24, 2.45) is 5.92 Å². The van der Waals surface area contributed by atoms with Gasteiger partial charge in [0.1, 0.15) is 0 Å². The Morgan fingerprint density at radius 3 is 2.52 bits per heavy atom. The van der Waals surface area contributed by atoms with E-state index in [0.29, 0.717) is 44.2 Å². The van der Waals surface area contributed by atoms with Gasteiger partial charge in [-0.1, -0.05) is 13.8 Å². The molecule has 1 aromatic rings. The fourth-order valence-corrected chi connectivity index (χ4v) is 4.47. The fourth-order valence-electron chi connectivity index (χ4n) is 3.02. The van der Waals surface area contributed by atoms with Gasteiger partial charge in [0.2, 0.25) is 15.9 Å². The van der Waals surface area contributed by atoms with Crippen LogP contribution in [0.4, 0.5) is 5.69 Å². The lowest BCUT2D eigenvalue weighted by Gasteiger charge is -2.26. The maximum absolute atomic E-state index is 12.7. The van der Waals surface area contributed by atoms with Crippen LogP contribution in [-0.2, 0) is 26.0 Å². The molecular formula is C16H22N2O4S. The quantitative estimate of drug-likeness (QED) is 0.832. The Kier molecular flexibility index (Phi) is 4.44. The van der Waals surface area contributed by atoms with Crippen LogP contribution in [0.25, 0.3) is 0 Å². The number of anilines is 1. The van der Waals surface area contributed by atoms with Crippen LogP contribution in [0.1, 0.15) is 19.4 Å². The molecule has 0 atom stereocenters. The summed E-state index contributed by atoms with van der Waals surface area (Å²) in [6, 6.07) is 5.08. The minimum atomic E-state index is -3.49. The molecule has 6 nitrogen and oxygen atoms in total. The summed E-state index contributed by atoms with van der Waals surface area (Å²) in [6.45, 7) is 6.00. The smallest absolute Gasteiger partial charge is 0.243 e. The number of hydrogen-bond donors (Lipinski definition) is 0. The number of benzene rings is 1. The second-order valence-electron chi connectivity index (χ2n) is 6.20. The van der Waals surface area contributed by atoms with Gasteiger partial charge >= 0.3 is 0 Å². The second-order valence-corrected chi connectivity index (χ2v) is 8.14. The molecule has 7 heteroatoms. The molecule has 0 spiro atoms. The number of fused-ring (bicyclic) bond motifs is 1. The number of morpholine rings is 1. The zero-order valence-corrected chi connectivity index (χ0v) is 14.3. The van der Waals surface area contributed by atoms with Gasteiger partial charge in [-0.3, -0.25) is 4.79 Å². The van der Waals surface area contributed by atoms with E-state index in [2.05, 4.69) is 0 Å². The average Bonchev–Trinajstić information content (AvgIpc) is 2.97. The first kappa shape index (κ1) is 16.4. The van der Waals surface area contributed by atoms with Gasteiger partial charge in [0.05, 0.1) is 18.1 Å². The maximum atomic E-state index is 12.7. The van der Waals surface area contributed by atoms with Gasteiger partial charge in [-0.2, -0.15) is 4.31 Å². The number of sulfonamides is 1. The third kappa shape index (κ3) is 3.00. The van der Waals surface area contributed by atoms with Crippen LogP contribution >= 0.6 is 0 Å². The molecule has 0 saturated carbocycles. The van der Waals surface area contributed by atoms with Gasteiger partial charge in [0.15, 0.2) is 0 Å². The minimum Gasteiger partial charge on any atom is -0.379 e. The number of amides is 1. The van der Waals surface area contributed by atoms with E-state index >= 15 is 0 Å². The SMILES string of the molecule is CC(C)C(=O)N1CCc2cc(S(=O)(=O)N3CCOCC3)ccc21. The van der Waals surface area contributed by atoms with Crippen molar-refractivity contribution in [3.8, 4) is 0 Å². The molecule has 0 N–H and O–H groups in total. The van der Waals surface area contributed by atoms with E-state index in [1.54, 1.807) is 23.1 Å². The van der Waals surface area contributed by atoms with Crippen molar-refractivity contribution < 1.29 is 17.9 Å². The Hall–Kier alpha value is -1.44. The van der Waals surface area contributed by atoms with Gasteiger partial charge < -0.3 is 9.64 Å². The summed E-state index contributed by atoms with van der Waals surface area (Å²) in [6.07, 6.45) is 0.695. The highest BCUT2D eigenvalue weighted by Gasteiger charge is 2.30. The summed E-state index contributed by atoms with van der Waals surface area (Å²) in [5.74, 6) is 0.00486. The highest BCUT2D eigenvalue weighted by atomic mass is 32.2. The lowest BCUT2D eigenvalue weighted by Crippen LogP contribution is -2.40. The first-order valence-corrected chi connectivity index (χ1v) is 9.37. The molecule has 0 aromatic heterocycles. The third-order valence-electron chi connectivity index (χ3n) is 4.31. The van der Waals surface area contributed by atoms with E-state index in [-0.39, 0.29) is 11.8 Å². The molecule has 1 amide bonds. The van der Waals surface area contributed by atoms with Crippen molar-refractivity contribution in [1.29, 1.82) is 0 Å². The van der Waals surface area contributed by atoms with E-state index in [1.165, 1.54) is 4.31 Å². The van der Waals surface area contributed by atoms with Gasteiger partial charge in [-0.25, -0.2) is 8.42 Å². The van der Waals surface area contributed by atoms with E-state index in [1.807, 2.05) is 13.8 Å². The first-order chi connectivity index (χ1) is 10.9. The summed E-state index contributed by atoms with van der Waals surface area (Å²) in [5.41, 5.74) is 1.76. The van der Waals surface area contributed by atoms with Crippen molar-refractivity contribution in [2.45, 2.75) is 25.2 Å². The van der Waals surface area contributed by atoms with Crippen molar-refractivity contribution in [2.75, 3.05) is 37.7 Å². The predicted molar refractivity (Wildman–Crippen MR) is 86.9 cm³/mol. The van der Waals surface area contributed by atoms with Crippen LogP contribution in [0.2, 0.25) is 0 Å². The highest BCUT2D eigenvalue weighted by molar-refractivity contribution is 7.89. The molecule has 0 aliphatic carbocycles. The lowest BCUT2D eigenvalue weighted by atomic mass is 10.1. The Balaban J connectivity index is 1.89. The molecule has 23 heavy (non-hydrogen) atoms. The summed E-state index contributed by atoms with van der Waals surface area (Å²) in [5, 5.41) is 0. The van der Waals surface area contributed by atoms with Crippen molar-refractivity contribution in [3.05, 3.63) is 23.8 Å². The third-order valence-corrected chi connectivity index (χ3v) is 6.21. The number of ether oxygens (including phenoxy) is 1. The number of nitrogens with zero attached hydrogens (tertiary/aromatic N) is 2. The standard InChI is InChI=1S/C16H22N2O4S/c1-12(2)16(19)18-6-5-13-11-14(3-4-15(13)18)23(20,21)17-7-9-22-10-8-17/h3-4,11-12H,5-10H2,1-2H3.